The second kappa shape index (κ2) is 7.63. The van der Waals surface area contributed by atoms with Gasteiger partial charge in [-0.05, 0) is 44.3 Å². The minimum atomic E-state index is -0.418. The van der Waals surface area contributed by atoms with Crippen LogP contribution < -0.4 is 16.2 Å². The molecule has 1 heterocycles. The number of amides is 1. The van der Waals surface area contributed by atoms with Gasteiger partial charge in [-0.1, -0.05) is 11.6 Å². The third-order valence-electron chi connectivity index (χ3n) is 3.19. The van der Waals surface area contributed by atoms with Crippen LogP contribution in [-0.4, -0.2) is 30.8 Å². The third kappa shape index (κ3) is 4.34. The zero-order valence-electron chi connectivity index (χ0n) is 13.0. The van der Waals surface area contributed by atoms with Crippen LogP contribution in [0.2, 0.25) is 5.02 Å². The van der Waals surface area contributed by atoms with Crippen molar-refractivity contribution in [1.29, 1.82) is 0 Å². The fourth-order valence-corrected chi connectivity index (χ4v) is 2.56. The van der Waals surface area contributed by atoms with E-state index in [4.69, 9.17) is 33.0 Å². The molecule has 0 fully saturated rings. The van der Waals surface area contributed by atoms with Gasteiger partial charge in [-0.3, -0.25) is 15.6 Å². The van der Waals surface area contributed by atoms with Gasteiger partial charge in [-0.2, -0.15) is 0 Å². The molecule has 6 nitrogen and oxygen atoms in total. The fourth-order valence-electron chi connectivity index (χ4n) is 2.13. The molecule has 0 unspecified atom stereocenters. The summed E-state index contributed by atoms with van der Waals surface area (Å²) in [7, 11) is 1.60. The van der Waals surface area contributed by atoms with E-state index in [9.17, 15) is 4.79 Å². The van der Waals surface area contributed by atoms with Crippen molar-refractivity contribution in [2.45, 2.75) is 19.9 Å². The van der Waals surface area contributed by atoms with E-state index in [1.165, 1.54) is 0 Å². The highest BCUT2D eigenvalue weighted by Gasteiger charge is 2.18. The van der Waals surface area contributed by atoms with Crippen molar-refractivity contribution in [2.75, 3.05) is 13.7 Å². The Balaban J connectivity index is 2.01. The Morgan fingerprint density at radius 3 is 2.87 bits per heavy atom. The highest BCUT2D eigenvalue weighted by Crippen LogP contribution is 2.27. The number of thiocarbonyl (C=S) groups is 1. The molecule has 2 rings (SSSR count). The first kappa shape index (κ1) is 17.5. The average Bonchev–Trinajstić information content (AvgIpc) is 2.82. The topological polar surface area (TPSA) is 75.5 Å². The van der Waals surface area contributed by atoms with Gasteiger partial charge in [-0.25, -0.2) is 0 Å². The van der Waals surface area contributed by atoms with Gasteiger partial charge < -0.3 is 14.5 Å². The molecule has 0 aliphatic heterocycles. The van der Waals surface area contributed by atoms with Gasteiger partial charge in [-0.15, -0.1) is 0 Å². The number of halogens is 1. The summed E-state index contributed by atoms with van der Waals surface area (Å²) in [6.45, 7) is 4.21. The molecule has 124 valence electrons. The standard InChI is InChI=1S/C15H18ClN3O3S/c1-8(7-21-3)17-15(23)19-18-14(20)13-9(2)11-6-10(16)4-5-12(11)22-13/h4-6,8H,7H2,1-3H3,(H,18,20)(H2,17,19,23)/t8-/m0/s1. The maximum absolute atomic E-state index is 12.2. The summed E-state index contributed by atoms with van der Waals surface area (Å²) in [6.07, 6.45) is 0. The minimum absolute atomic E-state index is 0.0204. The van der Waals surface area contributed by atoms with Gasteiger partial charge >= 0.3 is 5.91 Å². The Hall–Kier alpha value is -1.83. The van der Waals surface area contributed by atoms with Crippen LogP contribution in [0.15, 0.2) is 22.6 Å². The molecule has 0 saturated heterocycles. The number of rotatable bonds is 4. The minimum Gasteiger partial charge on any atom is -0.451 e. The van der Waals surface area contributed by atoms with Crippen molar-refractivity contribution in [3.05, 3.63) is 34.5 Å². The number of nitrogens with one attached hydrogen (secondary N) is 3. The molecule has 1 amide bonds. The van der Waals surface area contributed by atoms with Gasteiger partial charge in [0.05, 0.1) is 6.61 Å². The van der Waals surface area contributed by atoms with Crippen molar-refractivity contribution in [2.24, 2.45) is 0 Å². The van der Waals surface area contributed by atoms with Crippen LogP contribution >= 0.6 is 23.8 Å². The molecular formula is C15H18ClN3O3S. The van der Waals surface area contributed by atoms with Crippen LogP contribution in [0.1, 0.15) is 23.0 Å². The smallest absolute Gasteiger partial charge is 0.305 e. The van der Waals surface area contributed by atoms with Crippen molar-refractivity contribution >= 4 is 45.8 Å². The Labute approximate surface area is 144 Å². The number of methoxy groups -OCH3 is 1. The van der Waals surface area contributed by atoms with Gasteiger partial charge in [0.15, 0.2) is 10.9 Å². The highest BCUT2D eigenvalue weighted by molar-refractivity contribution is 7.80. The summed E-state index contributed by atoms with van der Waals surface area (Å²) >= 11 is 11.1. The van der Waals surface area contributed by atoms with E-state index in [1.54, 1.807) is 32.2 Å². The SMILES string of the molecule is COC[C@H](C)NC(=S)NNC(=O)c1oc2ccc(Cl)cc2c1C. The summed E-state index contributed by atoms with van der Waals surface area (Å²) in [5.41, 5.74) is 6.45. The number of ether oxygens (including phenoxy) is 1. The highest BCUT2D eigenvalue weighted by atomic mass is 35.5. The van der Waals surface area contributed by atoms with Crippen LogP contribution in [0.25, 0.3) is 11.0 Å². The third-order valence-corrected chi connectivity index (χ3v) is 3.64. The summed E-state index contributed by atoms with van der Waals surface area (Å²) in [4.78, 5) is 12.2. The number of benzene rings is 1. The molecule has 8 heteroatoms. The number of carbonyl (C=O) groups is 1. The molecule has 0 saturated carbocycles. The van der Waals surface area contributed by atoms with Crippen molar-refractivity contribution in [1.82, 2.24) is 16.2 Å². The molecule has 0 aliphatic rings. The summed E-state index contributed by atoms with van der Waals surface area (Å²) in [5, 5.41) is 4.65. The number of aryl methyl sites for hydroxylation is 1. The van der Waals surface area contributed by atoms with Crippen molar-refractivity contribution in [3.63, 3.8) is 0 Å². The number of hydrazine groups is 1. The largest absolute Gasteiger partial charge is 0.451 e. The quantitative estimate of drug-likeness (QED) is 0.578. The van der Waals surface area contributed by atoms with Gasteiger partial charge in [0.25, 0.3) is 0 Å². The first-order chi connectivity index (χ1) is 10.9. The maximum Gasteiger partial charge on any atom is 0.305 e. The molecule has 0 aliphatic carbocycles. The zero-order valence-corrected chi connectivity index (χ0v) is 14.6. The predicted octanol–water partition coefficient (Wildman–Crippen LogP) is 2.54. The van der Waals surface area contributed by atoms with E-state index < -0.39 is 5.91 Å². The molecule has 3 N–H and O–H groups in total. The molecule has 1 aromatic carbocycles. The molecule has 0 radical (unpaired) electrons. The predicted molar refractivity (Wildman–Crippen MR) is 93.6 cm³/mol. The monoisotopic (exact) mass is 355 g/mol. The number of furan rings is 1. The first-order valence-electron chi connectivity index (χ1n) is 6.96. The lowest BCUT2D eigenvalue weighted by Crippen LogP contribution is -2.50. The zero-order chi connectivity index (χ0) is 17.0. The second-order valence-corrected chi connectivity index (χ2v) is 5.95. The van der Waals surface area contributed by atoms with E-state index in [0.29, 0.717) is 27.9 Å². The Morgan fingerprint density at radius 2 is 2.17 bits per heavy atom. The summed E-state index contributed by atoms with van der Waals surface area (Å²) in [6, 6.07) is 5.22. The van der Waals surface area contributed by atoms with E-state index in [0.717, 1.165) is 5.39 Å². The molecule has 23 heavy (non-hydrogen) atoms. The number of hydrogen-bond acceptors (Lipinski definition) is 4. The number of hydrogen-bond donors (Lipinski definition) is 3. The van der Waals surface area contributed by atoms with E-state index in [1.807, 2.05) is 6.92 Å². The van der Waals surface area contributed by atoms with Gasteiger partial charge in [0, 0.05) is 29.1 Å². The first-order valence-corrected chi connectivity index (χ1v) is 7.75. The lowest BCUT2D eigenvalue weighted by Gasteiger charge is -2.16. The van der Waals surface area contributed by atoms with E-state index >= 15 is 0 Å². The lowest BCUT2D eigenvalue weighted by atomic mass is 10.1. The Kier molecular flexibility index (Phi) is 5.81. The maximum atomic E-state index is 12.2. The second-order valence-electron chi connectivity index (χ2n) is 5.11. The van der Waals surface area contributed by atoms with Gasteiger partial charge in [0.1, 0.15) is 5.58 Å². The molecule has 0 spiro atoms. The normalized spacial score (nSPS) is 12.0. The molecule has 1 aromatic heterocycles. The van der Waals surface area contributed by atoms with Crippen LogP contribution in [0.3, 0.4) is 0 Å². The van der Waals surface area contributed by atoms with E-state index in [2.05, 4.69) is 16.2 Å². The van der Waals surface area contributed by atoms with Crippen molar-refractivity contribution in [3.8, 4) is 0 Å². The average molecular weight is 356 g/mol. The molecular weight excluding hydrogens is 338 g/mol. The van der Waals surface area contributed by atoms with Gasteiger partial charge in [0.2, 0.25) is 0 Å². The summed E-state index contributed by atoms with van der Waals surface area (Å²) in [5.74, 6) is -0.208. The van der Waals surface area contributed by atoms with E-state index in [-0.39, 0.29) is 11.8 Å². The lowest BCUT2D eigenvalue weighted by molar-refractivity contribution is 0.0916. The fraction of sp³-hybridized carbons (Fsp3) is 0.333. The van der Waals surface area contributed by atoms with Crippen LogP contribution in [0.5, 0.6) is 0 Å². The Morgan fingerprint density at radius 1 is 1.43 bits per heavy atom. The number of fused-ring (bicyclic) bond motifs is 1. The van der Waals surface area contributed by atoms with Crippen LogP contribution in [-0.2, 0) is 4.74 Å². The van der Waals surface area contributed by atoms with Crippen molar-refractivity contribution < 1.29 is 13.9 Å². The number of carbonyl (C=O) groups excluding carboxylic acids is 1. The molecule has 0 bridgehead atoms. The van der Waals surface area contributed by atoms with Crippen LogP contribution in [0.4, 0.5) is 0 Å². The Bertz CT molecular complexity index is 732. The molecule has 2 aromatic rings. The van der Waals surface area contributed by atoms with Crippen LogP contribution in [0, 0.1) is 6.92 Å². The molecule has 1 atom stereocenters. The summed E-state index contributed by atoms with van der Waals surface area (Å²) < 4.78 is 10.6.